The zero-order valence-electron chi connectivity index (χ0n) is 15.1. The van der Waals surface area contributed by atoms with Crippen LogP contribution in [0.1, 0.15) is 12.0 Å². The maximum absolute atomic E-state index is 12.6. The predicted molar refractivity (Wildman–Crippen MR) is 110 cm³/mol. The van der Waals surface area contributed by atoms with Gasteiger partial charge in [-0.15, -0.1) is 0 Å². The van der Waals surface area contributed by atoms with Crippen molar-refractivity contribution < 1.29 is 14.4 Å². The fourth-order valence-electron chi connectivity index (χ4n) is 3.31. The number of imide groups is 1. The van der Waals surface area contributed by atoms with Crippen LogP contribution in [-0.2, 0) is 16.0 Å². The van der Waals surface area contributed by atoms with Gasteiger partial charge in [-0.1, -0.05) is 36.4 Å². The lowest BCUT2D eigenvalue weighted by Gasteiger charge is -2.13. The third-order valence-corrected chi connectivity index (χ3v) is 5.74. The summed E-state index contributed by atoms with van der Waals surface area (Å²) in [5.41, 5.74) is 2.73. The van der Waals surface area contributed by atoms with E-state index >= 15 is 0 Å². The Kier molecular flexibility index (Phi) is 5.16. The van der Waals surface area contributed by atoms with Gasteiger partial charge in [0.25, 0.3) is 5.24 Å². The molecule has 1 atom stereocenters. The minimum absolute atomic E-state index is 0.00748. The van der Waals surface area contributed by atoms with Crippen molar-refractivity contribution in [2.45, 2.75) is 18.1 Å². The Balaban J connectivity index is 1.31. The number of carbonyl (C=O) groups is 3. The van der Waals surface area contributed by atoms with E-state index in [-0.39, 0.29) is 23.5 Å². The summed E-state index contributed by atoms with van der Waals surface area (Å²) in [5, 5.41) is 2.98. The number of aromatic nitrogens is 1. The van der Waals surface area contributed by atoms with Crippen molar-refractivity contribution in [1.29, 1.82) is 0 Å². The van der Waals surface area contributed by atoms with Gasteiger partial charge < -0.3 is 10.3 Å². The molecular formula is C21H19N3O3S. The van der Waals surface area contributed by atoms with Crippen LogP contribution in [0.4, 0.5) is 10.5 Å². The van der Waals surface area contributed by atoms with Gasteiger partial charge in [0.1, 0.15) is 5.25 Å². The Labute approximate surface area is 166 Å². The summed E-state index contributed by atoms with van der Waals surface area (Å²) in [4.78, 5) is 41.4. The van der Waals surface area contributed by atoms with Crippen molar-refractivity contribution in [2.24, 2.45) is 0 Å². The SMILES string of the molecule is O=C(C[C@H]1SC(=O)N(c2ccccc2)C1=O)NCCc1c[nH]c2ccccc12. The van der Waals surface area contributed by atoms with E-state index in [9.17, 15) is 14.4 Å². The van der Waals surface area contributed by atoms with Crippen LogP contribution in [0.2, 0.25) is 0 Å². The number of thioether (sulfide) groups is 1. The first-order valence-corrected chi connectivity index (χ1v) is 9.93. The molecule has 28 heavy (non-hydrogen) atoms. The second-order valence-corrected chi connectivity index (χ2v) is 7.70. The molecule has 1 aliphatic rings. The van der Waals surface area contributed by atoms with Gasteiger partial charge in [-0.3, -0.25) is 14.4 Å². The molecule has 1 aliphatic heterocycles. The van der Waals surface area contributed by atoms with Crippen molar-refractivity contribution in [3.8, 4) is 0 Å². The normalized spacial score (nSPS) is 16.7. The lowest BCUT2D eigenvalue weighted by molar-refractivity contribution is -0.124. The van der Waals surface area contributed by atoms with E-state index in [0.717, 1.165) is 33.1 Å². The van der Waals surface area contributed by atoms with Crippen molar-refractivity contribution >= 4 is 45.4 Å². The average Bonchev–Trinajstić information content (AvgIpc) is 3.23. The Morgan fingerprint density at radius 3 is 2.64 bits per heavy atom. The van der Waals surface area contributed by atoms with Gasteiger partial charge in [-0.2, -0.15) is 0 Å². The molecule has 0 radical (unpaired) electrons. The van der Waals surface area contributed by atoms with E-state index in [1.54, 1.807) is 24.3 Å². The maximum Gasteiger partial charge on any atom is 0.293 e. The fraction of sp³-hybridized carbons (Fsp3) is 0.190. The van der Waals surface area contributed by atoms with Gasteiger partial charge in [0.2, 0.25) is 11.8 Å². The molecule has 3 amide bonds. The Hall–Kier alpha value is -3.06. The monoisotopic (exact) mass is 393 g/mol. The van der Waals surface area contributed by atoms with Crippen molar-refractivity contribution in [1.82, 2.24) is 10.3 Å². The molecule has 142 valence electrons. The van der Waals surface area contributed by atoms with Crippen LogP contribution >= 0.6 is 11.8 Å². The van der Waals surface area contributed by atoms with Gasteiger partial charge in [-0.25, -0.2) is 4.90 Å². The van der Waals surface area contributed by atoms with Gasteiger partial charge in [-0.05, 0) is 41.9 Å². The summed E-state index contributed by atoms with van der Waals surface area (Å²) >= 11 is 0.910. The lowest BCUT2D eigenvalue weighted by Crippen LogP contribution is -2.34. The lowest BCUT2D eigenvalue weighted by atomic mass is 10.1. The number of hydrogen-bond acceptors (Lipinski definition) is 4. The first kappa shape index (κ1) is 18.3. The van der Waals surface area contributed by atoms with Crippen molar-refractivity contribution in [2.75, 3.05) is 11.4 Å². The highest BCUT2D eigenvalue weighted by molar-refractivity contribution is 8.15. The Morgan fingerprint density at radius 2 is 1.82 bits per heavy atom. The summed E-state index contributed by atoms with van der Waals surface area (Å²) in [7, 11) is 0. The number of carbonyl (C=O) groups excluding carboxylic acids is 3. The molecule has 3 aromatic rings. The number of H-pyrrole nitrogens is 1. The second kappa shape index (κ2) is 7.90. The van der Waals surface area contributed by atoms with Crippen LogP contribution < -0.4 is 10.2 Å². The average molecular weight is 393 g/mol. The van der Waals surface area contributed by atoms with Gasteiger partial charge in [0.05, 0.1) is 5.69 Å². The fourth-order valence-corrected chi connectivity index (χ4v) is 4.30. The molecule has 4 rings (SSSR count). The van der Waals surface area contributed by atoms with Crippen LogP contribution in [0.3, 0.4) is 0 Å². The molecule has 0 saturated carbocycles. The quantitative estimate of drug-likeness (QED) is 0.672. The highest BCUT2D eigenvalue weighted by Gasteiger charge is 2.41. The zero-order chi connectivity index (χ0) is 19.5. The molecule has 2 aromatic carbocycles. The van der Waals surface area contributed by atoms with Gasteiger partial charge >= 0.3 is 0 Å². The number of para-hydroxylation sites is 2. The summed E-state index contributed by atoms with van der Waals surface area (Å²) in [6.45, 7) is 0.475. The van der Waals surface area contributed by atoms with E-state index in [0.29, 0.717) is 18.7 Å². The first-order valence-electron chi connectivity index (χ1n) is 9.05. The summed E-state index contributed by atoms with van der Waals surface area (Å²) in [6.07, 6.45) is 2.63. The van der Waals surface area contributed by atoms with Gasteiger partial charge in [0.15, 0.2) is 0 Å². The van der Waals surface area contributed by atoms with E-state index in [2.05, 4.69) is 10.3 Å². The second-order valence-electron chi connectivity index (χ2n) is 6.55. The maximum atomic E-state index is 12.6. The molecule has 7 heteroatoms. The molecule has 0 aliphatic carbocycles. The number of fused-ring (bicyclic) bond motifs is 1. The van der Waals surface area contributed by atoms with Crippen molar-refractivity contribution in [3.63, 3.8) is 0 Å². The topological polar surface area (TPSA) is 82.3 Å². The molecule has 1 aromatic heterocycles. The van der Waals surface area contributed by atoms with E-state index < -0.39 is 5.25 Å². The number of aromatic amines is 1. The molecule has 1 fully saturated rings. The van der Waals surface area contributed by atoms with Crippen LogP contribution in [0.25, 0.3) is 10.9 Å². The molecule has 0 unspecified atom stereocenters. The number of nitrogens with zero attached hydrogens (tertiary/aromatic N) is 1. The van der Waals surface area contributed by atoms with E-state index in [4.69, 9.17) is 0 Å². The highest BCUT2D eigenvalue weighted by Crippen LogP contribution is 2.33. The molecule has 0 spiro atoms. The number of rotatable bonds is 6. The Bertz CT molecular complexity index is 1030. The standard InChI is InChI=1S/C21H19N3O3S/c25-19(22-11-10-14-13-23-17-9-5-4-8-16(14)17)12-18-20(26)24(21(27)28-18)15-6-2-1-3-7-15/h1-9,13,18,23H,10-12H2,(H,22,25)/t18-/m1/s1. The molecule has 6 nitrogen and oxygen atoms in total. The molecular weight excluding hydrogens is 374 g/mol. The summed E-state index contributed by atoms with van der Waals surface area (Å²) in [5.74, 6) is -0.568. The number of hydrogen-bond donors (Lipinski definition) is 2. The minimum Gasteiger partial charge on any atom is -0.361 e. The molecule has 2 N–H and O–H groups in total. The molecule has 0 bridgehead atoms. The van der Waals surface area contributed by atoms with Crippen LogP contribution in [0.5, 0.6) is 0 Å². The zero-order valence-corrected chi connectivity index (χ0v) is 15.9. The number of nitrogens with one attached hydrogen (secondary N) is 2. The first-order chi connectivity index (χ1) is 13.6. The van der Waals surface area contributed by atoms with Crippen LogP contribution in [-0.4, -0.2) is 33.8 Å². The third-order valence-electron chi connectivity index (χ3n) is 4.70. The smallest absolute Gasteiger partial charge is 0.293 e. The van der Waals surface area contributed by atoms with E-state index in [1.165, 1.54) is 0 Å². The van der Waals surface area contributed by atoms with Crippen LogP contribution in [0, 0.1) is 0 Å². The predicted octanol–water partition coefficient (Wildman–Crippen LogP) is 3.49. The number of anilines is 1. The van der Waals surface area contributed by atoms with Gasteiger partial charge in [0, 0.05) is 30.1 Å². The summed E-state index contributed by atoms with van der Waals surface area (Å²) < 4.78 is 0. The molecule has 2 heterocycles. The van der Waals surface area contributed by atoms with E-state index in [1.807, 2.05) is 36.5 Å². The van der Waals surface area contributed by atoms with Crippen LogP contribution in [0.15, 0.2) is 60.8 Å². The molecule has 1 saturated heterocycles. The summed E-state index contributed by atoms with van der Waals surface area (Å²) in [6, 6.07) is 16.8. The Morgan fingerprint density at radius 1 is 1.07 bits per heavy atom. The highest BCUT2D eigenvalue weighted by atomic mass is 32.2. The van der Waals surface area contributed by atoms with Crippen molar-refractivity contribution in [3.05, 3.63) is 66.4 Å². The number of benzene rings is 2. The minimum atomic E-state index is -0.680. The number of amides is 3. The largest absolute Gasteiger partial charge is 0.361 e. The third kappa shape index (κ3) is 3.66.